The number of hydrogen-bond donors (Lipinski definition) is 1. The van der Waals surface area contributed by atoms with Crippen LogP contribution < -0.4 is 5.32 Å². The van der Waals surface area contributed by atoms with Gasteiger partial charge in [-0.05, 0) is 25.6 Å². The summed E-state index contributed by atoms with van der Waals surface area (Å²) < 4.78 is 12.6. The van der Waals surface area contributed by atoms with Gasteiger partial charge < -0.3 is 19.4 Å². The second-order valence-corrected chi connectivity index (χ2v) is 3.68. The Bertz CT molecular complexity index is 274. The monoisotopic (exact) mass is 226 g/mol. The molecule has 1 N–H and O–H groups in total. The van der Waals surface area contributed by atoms with E-state index in [2.05, 4.69) is 28.2 Å². The summed E-state index contributed by atoms with van der Waals surface area (Å²) in [6.45, 7) is 4.08. The molecule has 0 aromatic carbocycles. The smallest absolute Gasteiger partial charge is 0.0700 e. The van der Waals surface area contributed by atoms with E-state index < -0.39 is 0 Å². The minimum absolute atomic E-state index is 0.675. The highest BCUT2D eigenvalue weighted by Crippen LogP contribution is 2.03. The van der Waals surface area contributed by atoms with E-state index in [-0.39, 0.29) is 0 Å². The third-order valence-electron chi connectivity index (χ3n) is 2.40. The molecular weight excluding hydrogens is 204 g/mol. The van der Waals surface area contributed by atoms with Crippen molar-refractivity contribution in [3.05, 3.63) is 24.0 Å². The molecule has 0 spiro atoms. The molecule has 0 radical (unpaired) electrons. The second kappa shape index (κ2) is 8.33. The largest absolute Gasteiger partial charge is 0.382 e. The number of aromatic nitrogens is 1. The van der Waals surface area contributed by atoms with Crippen LogP contribution >= 0.6 is 0 Å². The maximum Gasteiger partial charge on any atom is 0.0700 e. The predicted octanol–water partition coefficient (Wildman–Crippen LogP) is 1.26. The van der Waals surface area contributed by atoms with Crippen molar-refractivity contribution >= 4 is 0 Å². The molecule has 0 fully saturated rings. The Morgan fingerprint density at radius 1 is 1.31 bits per heavy atom. The summed E-state index contributed by atoms with van der Waals surface area (Å²) in [5.41, 5.74) is 1.32. The molecule has 1 aromatic heterocycles. The van der Waals surface area contributed by atoms with Gasteiger partial charge in [0.25, 0.3) is 0 Å². The lowest BCUT2D eigenvalue weighted by Gasteiger charge is -2.09. The maximum atomic E-state index is 5.42. The first-order valence-electron chi connectivity index (χ1n) is 5.73. The Labute approximate surface area is 97.5 Å². The van der Waals surface area contributed by atoms with Crippen molar-refractivity contribution in [3.8, 4) is 0 Å². The van der Waals surface area contributed by atoms with Crippen molar-refractivity contribution in [2.24, 2.45) is 0 Å². The average molecular weight is 226 g/mol. The predicted molar refractivity (Wildman–Crippen MR) is 64.5 cm³/mol. The Morgan fingerprint density at radius 2 is 2.19 bits per heavy atom. The fraction of sp³-hybridized carbons (Fsp3) is 0.667. The van der Waals surface area contributed by atoms with Crippen LogP contribution in [0.3, 0.4) is 0 Å². The molecule has 0 aliphatic carbocycles. The molecule has 4 nitrogen and oxygen atoms in total. The maximum absolute atomic E-state index is 5.42. The molecule has 0 saturated heterocycles. The van der Waals surface area contributed by atoms with Gasteiger partial charge >= 0.3 is 0 Å². The van der Waals surface area contributed by atoms with Crippen molar-refractivity contribution in [1.29, 1.82) is 0 Å². The molecular formula is C12H22N2O2. The summed E-state index contributed by atoms with van der Waals surface area (Å²) in [6, 6.07) is 4.22. The molecule has 0 aliphatic heterocycles. The Morgan fingerprint density at radius 3 is 2.94 bits per heavy atom. The van der Waals surface area contributed by atoms with Crippen LogP contribution in [0, 0.1) is 0 Å². The van der Waals surface area contributed by atoms with Gasteiger partial charge in [0.15, 0.2) is 0 Å². The van der Waals surface area contributed by atoms with Crippen LogP contribution in [0.5, 0.6) is 0 Å². The van der Waals surface area contributed by atoms with E-state index in [4.69, 9.17) is 9.47 Å². The number of nitrogens with zero attached hydrogens (tertiary/aromatic N) is 1. The van der Waals surface area contributed by atoms with E-state index in [9.17, 15) is 0 Å². The summed E-state index contributed by atoms with van der Waals surface area (Å²) in [6.07, 6.45) is 3.15. The highest BCUT2D eigenvalue weighted by molar-refractivity contribution is 5.06. The molecule has 0 amide bonds. The topological polar surface area (TPSA) is 35.4 Å². The highest BCUT2D eigenvalue weighted by Gasteiger charge is 1.98. The summed E-state index contributed by atoms with van der Waals surface area (Å²) >= 11 is 0. The molecule has 16 heavy (non-hydrogen) atoms. The van der Waals surface area contributed by atoms with E-state index in [0.717, 1.165) is 26.1 Å². The molecule has 92 valence electrons. The zero-order valence-corrected chi connectivity index (χ0v) is 10.2. The SMILES string of the molecule is CNCc1cccn1CCCOCCOC. The number of hydrogen-bond acceptors (Lipinski definition) is 3. The number of rotatable bonds is 9. The first kappa shape index (κ1) is 13.2. The average Bonchev–Trinajstić information content (AvgIpc) is 2.72. The summed E-state index contributed by atoms with van der Waals surface area (Å²) in [5, 5.41) is 3.16. The Hall–Kier alpha value is -0.840. The first-order valence-corrected chi connectivity index (χ1v) is 5.73. The lowest BCUT2D eigenvalue weighted by Crippen LogP contribution is -2.12. The molecule has 0 bridgehead atoms. The van der Waals surface area contributed by atoms with Crippen LogP contribution in [0.4, 0.5) is 0 Å². The minimum atomic E-state index is 0.675. The molecule has 4 heteroatoms. The number of aryl methyl sites for hydroxylation is 1. The zero-order valence-electron chi connectivity index (χ0n) is 10.2. The van der Waals surface area contributed by atoms with Gasteiger partial charge in [0.1, 0.15) is 0 Å². The van der Waals surface area contributed by atoms with Gasteiger partial charge in [0.2, 0.25) is 0 Å². The fourth-order valence-electron chi connectivity index (χ4n) is 1.59. The van der Waals surface area contributed by atoms with E-state index >= 15 is 0 Å². The lowest BCUT2D eigenvalue weighted by atomic mass is 10.4. The molecule has 0 atom stereocenters. The second-order valence-electron chi connectivity index (χ2n) is 3.68. The van der Waals surface area contributed by atoms with Crippen molar-refractivity contribution in [2.45, 2.75) is 19.5 Å². The Balaban J connectivity index is 2.13. The molecule has 0 aliphatic rings. The van der Waals surface area contributed by atoms with Crippen LogP contribution in [0.25, 0.3) is 0 Å². The molecule has 1 rings (SSSR count). The van der Waals surface area contributed by atoms with E-state index in [1.54, 1.807) is 7.11 Å². The third-order valence-corrected chi connectivity index (χ3v) is 2.40. The molecule has 1 heterocycles. The van der Waals surface area contributed by atoms with Gasteiger partial charge in [-0.3, -0.25) is 0 Å². The van der Waals surface area contributed by atoms with Crippen molar-refractivity contribution in [1.82, 2.24) is 9.88 Å². The van der Waals surface area contributed by atoms with Gasteiger partial charge in [-0.2, -0.15) is 0 Å². The lowest BCUT2D eigenvalue weighted by molar-refractivity contribution is 0.0679. The van der Waals surface area contributed by atoms with Gasteiger partial charge in [-0.1, -0.05) is 0 Å². The van der Waals surface area contributed by atoms with Gasteiger partial charge in [0.05, 0.1) is 13.2 Å². The van der Waals surface area contributed by atoms with Crippen LogP contribution in [-0.2, 0) is 22.6 Å². The zero-order chi connectivity index (χ0) is 11.6. The minimum Gasteiger partial charge on any atom is -0.382 e. The van der Waals surface area contributed by atoms with E-state index in [1.165, 1.54) is 5.69 Å². The van der Waals surface area contributed by atoms with Crippen molar-refractivity contribution in [2.75, 3.05) is 34.0 Å². The summed E-state index contributed by atoms with van der Waals surface area (Å²) in [7, 11) is 3.65. The van der Waals surface area contributed by atoms with Crippen LogP contribution in [0.1, 0.15) is 12.1 Å². The normalized spacial score (nSPS) is 10.9. The van der Waals surface area contributed by atoms with Gasteiger partial charge in [-0.15, -0.1) is 0 Å². The summed E-state index contributed by atoms with van der Waals surface area (Å²) in [5.74, 6) is 0. The highest BCUT2D eigenvalue weighted by atomic mass is 16.5. The number of nitrogens with one attached hydrogen (secondary N) is 1. The standard InChI is InChI=1S/C12H22N2O2/c1-13-11-12-5-3-6-14(12)7-4-8-16-10-9-15-2/h3,5-6,13H,4,7-11H2,1-2H3. The van der Waals surface area contributed by atoms with Crippen LogP contribution in [-0.4, -0.2) is 38.5 Å². The van der Waals surface area contributed by atoms with E-state index in [1.807, 2.05) is 7.05 Å². The fourth-order valence-corrected chi connectivity index (χ4v) is 1.59. The quantitative estimate of drug-likeness (QED) is 0.644. The van der Waals surface area contributed by atoms with Crippen LogP contribution in [0.15, 0.2) is 18.3 Å². The first-order chi connectivity index (χ1) is 7.88. The summed E-state index contributed by atoms with van der Waals surface area (Å²) in [4.78, 5) is 0. The number of ether oxygens (including phenoxy) is 2. The molecule has 0 saturated carbocycles. The van der Waals surface area contributed by atoms with Crippen LogP contribution in [0.2, 0.25) is 0 Å². The molecule has 0 unspecified atom stereocenters. The van der Waals surface area contributed by atoms with Gasteiger partial charge in [0, 0.05) is 38.7 Å². The third kappa shape index (κ3) is 4.79. The Kier molecular flexibility index (Phi) is 6.88. The van der Waals surface area contributed by atoms with E-state index in [0.29, 0.717) is 13.2 Å². The van der Waals surface area contributed by atoms with Crippen molar-refractivity contribution < 1.29 is 9.47 Å². The van der Waals surface area contributed by atoms with Gasteiger partial charge in [-0.25, -0.2) is 0 Å². The molecule has 1 aromatic rings. The van der Waals surface area contributed by atoms with Crippen molar-refractivity contribution in [3.63, 3.8) is 0 Å². The number of methoxy groups -OCH3 is 1.